The standard InChI is InChI=1S/C22H23N5OS/c1-14(2)27-9-7-18(25-27)21(28)26(13-17-6-5-8-23-12-17)22-24-20-16(4)10-15(3)11-19(20)29-22/h5-12,14H,13H2,1-4H3. The first-order chi connectivity index (χ1) is 13.9. The fourth-order valence-corrected chi connectivity index (χ4v) is 4.39. The number of rotatable bonds is 5. The highest BCUT2D eigenvalue weighted by Crippen LogP contribution is 2.33. The third-order valence-electron chi connectivity index (χ3n) is 4.71. The van der Waals surface area contributed by atoms with E-state index in [1.54, 1.807) is 28.0 Å². The van der Waals surface area contributed by atoms with Crippen LogP contribution in [-0.4, -0.2) is 25.7 Å². The van der Waals surface area contributed by atoms with Gasteiger partial charge >= 0.3 is 0 Å². The van der Waals surface area contributed by atoms with Crippen LogP contribution in [0.4, 0.5) is 5.13 Å². The number of pyridine rings is 1. The zero-order chi connectivity index (χ0) is 20.5. The number of benzene rings is 1. The van der Waals surface area contributed by atoms with Crippen LogP contribution in [0.25, 0.3) is 10.2 Å². The van der Waals surface area contributed by atoms with Gasteiger partial charge in [-0.15, -0.1) is 0 Å². The number of nitrogens with zero attached hydrogens (tertiary/aromatic N) is 5. The summed E-state index contributed by atoms with van der Waals surface area (Å²) in [4.78, 5) is 24.1. The zero-order valence-corrected chi connectivity index (χ0v) is 17.8. The van der Waals surface area contributed by atoms with Crippen LogP contribution < -0.4 is 4.90 Å². The number of aromatic nitrogens is 4. The number of anilines is 1. The second-order valence-electron chi connectivity index (χ2n) is 7.45. The van der Waals surface area contributed by atoms with Gasteiger partial charge in [0.1, 0.15) is 0 Å². The maximum atomic E-state index is 13.4. The molecule has 0 fully saturated rings. The van der Waals surface area contributed by atoms with Gasteiger partial charge in [-0.3, -0.25) is 19.4 Å². The molecular weight excluding hydrogens is 382 g/mol. The van der Waals surface area contributed by atoms with Crippen molar-refractivity contribution in [1.82, 2.24) is 19.7 Å². The molecule has 0 unspecified atom stereocenters. The summed E-state index contributed by atoms with van der Waals surface area (Å²) in [6.07, 6.45) is 5.34. The van der Waals surface area contributed by atoms with Crippen molar-refractivity contribution >= 4 is 32.6 Å². The van der Waals surface area contributed by atoms with Crippen molar-refractivity contribution in [1.29, 1.82) is 0 Å². The van der Waals surface area contributed by atoms with Gasteiger partial charge in [-0.05, 0) is 62.6 Å². The number of aryl methyl sites for hydroxylation is 2. The third kappa shape index (κ3) is 3.91. The molecule has 0 radical (unpaired) electrons. The largest absolute Gasteiger partial charge is 0.280 e. The predicted octanol–water partition coefficient (Wildman–Crippen LogP) is 4.93. The van der Waals surface area contributed by atoms with E-state index in [1.807, 2.05) is 32.2 Å². The number of amides is 1. The monoisotopic (exact) mass is 405 g/mol. The molecule has 0 saturated carbocycles. The molecule has 0 N–H and O–H groups in total. The summed E-state index contributed by atoms with van der Waals surface area (Å²) in [5.74, 6) is -0.165. The second kappa shape index (κ2) is 7.75. The molecule has 148 valence electrons. The molecule has 0 saturated heterocycles. The second-order valence-corrected chi connectivity index (χ2v) is 8.46. The first-order valence-corrected chi connectivity index (χ1v) is 10.4. The average molecular weight is 406 g/mol. The van der Waals surface area contributed by atoms with Crippen LogP contribution in [0.2, 0.25) is 0 Å². The molecule has 7 heteroatoms. The van der Waals surface area contributed by atoms with Crippen LogP contribution >= 0.6 is 11.3 Å². The van der Waals surface area contributed by atoms with Crippen LogP contribution in [0, 0.1) is 13.8 Å². The molecule has 29 heavy (non-hydrogen) atoms. The number of fused-ring (bicyclic) bond motifs is 1. The molecule has 3 heterocycles. The van der Waals surface area contributed by atoms with Crippen molar-refractivity contribution in [2.45, 2.75) is 40.3 Å². The van der Waals surface area contributed by atoms with Crippen molar-refractivity contribution in [3.8, 4) is 0 Å². The molecule has 1 aromatic carbocycles. The molecule has 0 spiro atoms. The fourth-order valence-electron chi connectivity index (χ4n) is 3.25. The minimum atomic E-state index is -0.165. The highest BCUT2D eigenvalue weighted by atomic mass is 32.1. The van der Waals surface area contributed by atoms with Gasteiger partial charge in [0.15, 0.2) is 10.8 Å². The number of thiazole rings is 1. The molecule has 4 aromatic rings. The summed E-state index contributed by atoms with van der Waals surface area (Å²) >= 11 is 1.53. The Bertz CT molecular complexity index is 1160. The van der Waals surface area contributed by atoms with E-state index in [2.05, 4.69) is 36.1 Å². The Balaban J connectivity index is 1.77. The lowest BCUT2D eigenvalue weighted by atomic mass is 10.1. The van der Waals surface area contributed by atoms with Gasteiger partial charge in [0.2, 0.25) is 0 Å². The maximum absolute atomic E-state index is 13.4. The van der Waals surface area contributed by atoms with Gasteiger partial charge in [-0.2, -0.15) is 5.10 Å². The Kier molecular flexibility index (Phi) is 5.15. The van der Waals surface area contributed by atoms with Crippen LogP contribution in [0.1, 0.15) is 47.1 Å². The molecular formula is C22H23N5OS. The molecule has 0 aliphatic heterocycles. The molecule has 1 amide bonds. The maximum Gasteiger partial charge on any atom is 0.280 e. The predicted molar refractivity (Wildman–Crippen MR) is 116 cm³/mol. The number of carbonyl (C=O) groups is 1. The normalized spacial score (nSPS) is 11.3. The summed E-state index contributed by atoms with van der Waals surface area (Å²) in [6, 6.07) is 10.0. The van der Waals surface area contributed by atoms with Crippen molar-refractivity contribution in [3.05, 3.63) is 71.3 Å². The molecule has 6 nitrogen and oxygen atoms in total. The lowest BCUT2D eigenvalue weighted by Gasteiger charge is -2.18. The highest BCUT2D eigenvalue weighted by Gasteiger charge is 2.24. The van der Waals surface area contributed by atoms with Gasteiger partial charge < -0.3 is 0 Å². The van der Waals surface area contributed by atoms with Crippen molar-refractivity contribution in [2.24, 2.45) is 0 Å². The summed E-state index contributed by atoms with van der Waals surface area (Å²) < 4.78 is 2.87. The topological polar surface area (TPSA) is 63.9 Å². The summed E-state index contributed by atoms with van der Waals surface area (Å²) in [5.41, 5.74) is 4.59. The van der Waals surface area contributed by atoms with Gasteiger partial charge in [-0.1, -0.05) is 23.5 Å². The Morgan fingerprint density at radius 3 is 2.76 bits per heavy atom. The molecule has 4 rings (SSSR count). The van der Waals surface area contributed by atoms with E-state index < -0.39 is 0 Å². The zero-order valence-electron chi connectivity index (χ0n) is 17.0. The number of carbonyl (C=O) groups excluding carboxylic acids is 1. The Labute approximate surface area is 173 Å². The van der Waals surface area contributed by atoms with E-state index in [9.17, 15) is 4.79 Å². The van der Waals surface area contributed by atoms with Crippen molar-refractivity contribution in [2.75, 3.05) is 4.90 Å². The molecule has 0 aliphatic rings. The van der Waals surface area contributed by atoms with E-state index in [-0.39, 0.29) is 11.9 Å². The summed E-state index contributed by atoms with van der Waals surface area (Å²) in [5, 5.41) is 5.14. The van der Waals surface area contributed by atoms with Gasteiger partial charge in [-0.25, -0.2) is 4.98 Å². The fraction of sp³-hybridized carbons (Fsp3) is 0.273. The Hall–Kier alpha value is -3.06. The lowest BCUT2D eigenvalue weighted by Crippen LogP contribution is -2.31. The van der Waals surface area contributed by atoms with Crippen LogP contribution in [0.5, 0.6) is 0 Å². The van der Waals surface area contributed by atoms with E-state index in [0.717, 1.165) is 21.3 Å². The van der Waals surface area contributed by atoms with Gasteiger partial charge in [0, 0.05) is 24.6 Å². The lowest BCUT2D eigenvalue weighted by molar-refractivity contribution is 0.0979. The highest BCUT2D eigenvalue weighted by molar-refractivity contribution is 7.22. The summed E-state index contributed by atoms with van der Waals surface area (Å²) in [6.45, 7) is 8.58. The quantitative estimate of drug-likeness (QED) is 0.472. The van der Waals surface area contributed by atoms with E-state index in [4.69, 9.17) is 4.98 Å². The van der Waals surface area contributed by atoms with Gasteiger partial charge in [0.25, 0.3) is 5.91 Å². The van der Waals surface area contributed by atoms with Gasteiger partial charge in [0.05, 0.1) is 16.8 Å². The SMILES string of the molecule is Cc1cc(C)c2nc(N(Cc3cccnc3)C(=O)c3ccn(C(C)C)n3)sc2c1. The molecule has 0 atom stereocenters. The molecule has 0 bridgehead atoms. The Morgan fingerprint density at radius 1 is 1.24 bits per heavy atom. The number of hydrogen-bond acceptors (Lipinski definition) is 5. The number of hydrogen-bond donors (Lipinski definition) is 0. The summed E-state index contributed by atoms with van der Waals surface area (Å²) in [7, 11) is 0. The van der Waals surface area contributed by atoms with E-state index >= 15 is 0 Å². The Morgan fingerprint density at radius 2 is 2.07 bits per heavy atom. The molecule has 3 aromatic heterocycles. The van der Waals surface area contributed by atoms with Crippen LogP contribution in [-0.2, 0) is 6.54 Å². The van der Waals surface area contributed by atoms with Crippen LogP contribution in [0.3, 0.4) is 0 Å². The smallest absolute Gasteiger partial charge is 0.278 e. The third-order valence-corrected chi connectivity index (χ3v) is 5.74. The first kappa shape index (κ1) is 19.3. The van der Waals surface area contributed by atoms with Crippen molar-refractivity contribution < 1.29 is 4.79 Å². The molecule has 0 aliphatic carbocycles. The van der Waals surface area contributed by atoms with Crippen LogP contribution in [0.15, 0.2) is 48.9 Å². The van der Waals surface area contributed by atoms with E-state index in [1.165, 1.54) is 16.9 Å². The average Bonchev–Trinajstić information content (AvgIpc) is 3.34. The van der Waals surface area contributed by atoms with Crippen molar-refractivity contribution in [3.63, 3.8) is 0 Å². The first-order valence-electron chi connectivity index (χ1n) is 9.56. The minimum Gasteiger partial charge on any atom is -0.278 e. The van der Waals surface area contributed by atoms with E-state index in [0.29, 0.717) is 17.4 Å². The minimum absolute atomic E-state index is 0.165.